The Morgan fingerprint density at radius 1 is 0.738 bits per heavy atom. The van der Waals surface area contributed by atoms with Crippen LogP contribution in [0.15, 0.2) is 84.0 Å². The van der Waals surface area contributed by atoms with Crippen LogP contribution in [0.1, 0.15) is 54.5 Å². The predicted octanol–water partition coefficient (Wildman–Crippen LogP) is 7.63. The van der Waals surface area contributed by atoms with Gasteiger partial charge in [0.05, 0.1) is 0 Å². The smallest absolute Gasteiger partial charge is 0 e. The van der Waals surface area contributed by atoms with Crippen LogP contribution in [0.4, 0.5) is 0 Å². The molecule has 0 atom stereocenters. The van der Waals surface area contributed by atoms with Gasteiger partial charge in [-0.2, -0.15) is 5.57 Å². The molecule has 2 radical (unpaired) electrons. The zero-order valence-electron chi connectivity index (χ0n) is 25.7. The number of hydrogen-bond donors (Lipinski definition) is 0. The third-order valence-corrected chi connectivity index (χ3v) is 7.28. The quantitative estimate of drug-likeness (QED) is 0.0851. The maximum absolute atomic E-state index is 7.14. The van der Waals surface area contributed by atoms with Gasteiger partial charge in [0.25, 0.3) is 0 Å². The first-order chi connectivity index (χ1) is 19.2. The molecule has 0 bridgehead atoms. The second kappa shape index (κ2) is 19.0. The maximum atomic E-state index is 7.14. The van der Waals surface area contributed by atoms with Crippen molar-refractivity contribution in [1.29, 1.82) is 0 Å². The topological polar surface area (TPSA) is 6.48 Å². The van der Waals surface area contributed by atoms with Gasteiger partial charge in [-0.25, -0.2) is 0 Å². The molecule has 0 heterocycles. The minimum absolute atomic E-state index is 0. The standard InChI is InChI=1S/C15H9.C15H13.C8H20N2.2Au/c1-2-11-7-8-13-10-12-5-3-4-6-14(12)15(13)9-11;1-4-11(2)9-14-10-13-7-5-6-8-15(13)12(14)3;1-9(2)7-5-6-8-10(3)4;;/h3-9H,10H2;5-9H,10H2,2-3H3;5-8H2,1-4H3;;/q2*-1;;;/b;11-9+;;;. The van der Waals surface area contributed by atoms with Gasteiger partial charge < -0.3 is 22.6 Å². The first-order valence-electron chi connectivity index (χ1n) is 14.1. The van der Waals surface area contributed by atoms with Gasteiger partial charge in [0, 0.05) is 44.8 Å². The van der Waals surface area contributed by atoms with E-state index in [1.54, 1.807) is 0 Å². The Kier molecular flexibility index (Phi) is 17.1. The second-order valence-electron chi connectivity index (χ2n) is 11.1. The molecule has 2 aliphatic rings. The molecule has 0 aromatic heterocycles. The Balaban J connectivity index is 0.000000316. The van der Waals surface area contributed by atoms with E-state index in [1.807, 2.05) is 19.1 Å². The zero-order chi connectivity index (χ0) is 29.1. The third kappa shape index (κ3) is 11.1. The molecule has 42 heavy (non-hydrogen) atoms. The van der Waals surface area contributed by atoms with Crippen LogP contribution in [0, 0.1) is 24.7 Å². The second-order valence-corrected chi connectivity index (χ2v) is 11.1. The van der Waals surface area contributed by atoms with Gasteiger partial charge >= 0.3 is 0 Å². The average molecular weight is 921 g/mol. The maximum Gasteiger partial charge on any atom is 0 e. The van der Waals surface area contributed by atoms with Crippen molar-refractivity contribution in [3.8, 4) is 23.0 Å². The van der Waals surface area contributed by atoms with Crippen LogP contribution < -0.4 is 0 Å². The van der Waals surface area contributed by atoms with Crippen LogP contribution >= 0.6 is 0 Å². The summed E-state index contributed by atoms with van der Waals surface area (Å²) in [6.07, 6.45) is 20.9. The number of fused-ring (bicyclic) bond motifs is 4. The van der Waals surface area contributed by atoms with Gasteiger partial charge in [0.1, 0.15) is 0 Å². The molecule has 228 valence electrons. The molecule has 0 fully saturated rings. The van der Waals surface area contributed by atoms with E-state index >= 15 is 0 Å². The Bertz CT molecular complexity index is 1440. The largest absolute Gasteiger partial charge is 0.366 e. The van der Waals surface area contributed by atoms with Crippen LogP contribution in [-0.2, 0) is 57.6 Å². The van der Waals surface area contributed by atoms with Gasteiger partial charge in [-0.3, -0.25) is 11.8 Å². The first-order valence-corrected chi connectivity index (χ1v) is 14.1. The number of rotatable bonds is 6. The molecule has 0 aliphatic heterocycles. The summed E-state index contributed by atoms with van der Waals surface area (Å²) >= 11 is 0. The Morgan fingerprint density at radius 3 is 1.79 bits per heavy atom. The van der Waals surface area contributed by atoms with Crippen LogP contribution in [0.25, 0.3) is 16.7 Å². The third-order valence-electron chi connectivity index (χ3n) is 7.28. The van der Waals surface area contributed by atoms with Gasteiger partial charge in [0.2, 0.25) is 0 Å². The van der Waals surface area contributed by atoms with Crippen molar-refractivity contribution < 1.29 is 44.8 Å². The van der Waals surface area contributed by atoms with E-state index < -0.39 is 0 Å². The molecule has 4 heteroatoms. The molecule has 3 aromatic rings. The summed E-state index contributed by atoms with van der Waals surface area (Å²) in [5.74, 6) is 4.85. The predicted molar refractivity (Wildman–Crippen MR) is 171 cm³/mol. The molecule has 0 saturated heterocycles. The molecule has 3 aromatic carbocycles. The molecule has 0 saturated carbocycles. The van der Waals surface area contributed by atoms with E-state index in [9.17, 15) is 0 Å². The molecule has 2 nitrogen and oxygen atoms in total. The van der Waals surface area contributed by atoms with Gasteiger partial charge in [0.15, 0.2) is 0 Å². The van der Waals surface area contributed by atoms with E-state index in [2.05, 4.69) is 117 Å². The van der Waals surface area contributed by atoms with Crippen molar-refractivity contribution in [3.05, 3.63) is 125 Å². The van der Waals surface area contributed by atoms with Crippen LogP contribution in [-0.4, -0.2) is 51.1 Å². The fraction of sp³-hybridized carbons (Fsp3) is 0.316. The molecular weight excluding hydrogens is 878 g/mol. The molecule has 5 rings (SSSR count). The summed E-state index contributed by atoms with van der Waals surface area (Å²) in [4.78, 5) is 4.46. The molecule has 2 aliphatic carbocycles. The van der Waals surface area contributed by atoms with Gasteiger partial charge in [-0.1, -0.05) is 67.1 Å². The first kappa shape index (κ1) is 37.7. The molecule has 0 spiro atoms. The van der Waals surface area contributed by atoms with Crippen molar-refractivity contribution >= 4 is 5.57 Å². The Hall–Kier alpha value is -2.34. The van der Waals surface area contributed by atoms with Gasteiger partial charge in [-0.15, -0.1) is 23.8 Å². The normalized spacial score (nSPS) is 12.3. The molecular formula is C38H42Au2N2-2. The van der Waals surface area contributed by atoms with Crippen LogP contribution in [0.3, 0.4) is 0 Å². The number of unbranched alkanes of at least 4 members (excludes halogenated alkanes) is 1. The van der Waals surface area contributed by atoms with Crippen molar-refractivity contribution in [2.75, 3.05) is 41.3 Å². The summed E-state index contributed by atoms with van der Waals surface area (Å²) in [5.41, 5.74) is 12.4. The van der Waals surface area contributed by atoms with E-state index in [0.29, 0.717) is 0 Å². The van der Waals surface area contributed by atoms with Crippen molar-refractivity contribution in [1.82, 2.24) is 9.80 Å². The average Bonchev–Trinajstić information content (AvgIpc) is 3.48. The van der Waals surface area contributed by atoms with E-state index in [4.69, 9.17) is 12.8 Å². The summed E-state index contributed by atoms with van der Waals surface area (Å²) in [5, 5.41) is 0. The molecule has 0 unspecified atom stereocenters. The summed E-state index contributed by atoms with van der Waals surface area (Å²) in [7, 11) is 8.48. The van der Waals surface area contributed by atoms with Crippen molar-refractivity contribution in [2.24, 2.45) is 0 Å². The number of hydrogen-bond acceptors (Lipinski definition) is 2. The minimum atomic E-state index is 0. The molecule has 0 N–H and O–H groups in total. The SMILES string of the molecule is CN(C)CCCCN(C)C.[Au].[Au].[C-]#C/C(C)=C/C1=C(C)c2ccccc2C1.[C-]#Cc1ccc2c(c1)-c1ccccc1C2. The Labute approximate surface area is 286 Å². The van der Waals surface area contributed by atoms with E-state index in [1.165, 1.54) is 70.5 Å². The van der Waals surface area contributed by atoms with Gasteiger partial charge in [-0.05, 0) is 113 Å². The fourth-order valence-electron chi connectivity index (χ4n) is 5.07. The number of nitrogens with zero attached hydrogens (tertiary/aromatic N) is 2. The molecule has 0 amide bonds. The monoisotopic (exact) mass is 920 g/mol. The van der Waals surface area contributed by atoms with Crippen LogP contribution in [0.5, 0.6) is 0 Å². The van der Waals surface area contributed by atoms with Crippen LogP contribution in [0.2, 0.25) is 0 Å². The minimum Gasteiger partial charge on any atom is -0.366 e. The van der Waals surface area contributed by atoms with Crippen molar-refractivity contribution in [3.63, 3.8) is 0 Å². The zero-order valence-corrected chi connectivity index (χ0v) is 30.0. The van der Waals surface area contributed by atoms with E-state index in [-0.39, 0.29) is 44.8 Å². The number of allylic oxidation sites excluding steroid dienone is 4. The summed E-state index contributed by atoms with van der Waals surface area (Å²) < 4.78 is 0. The Morgan fingerprint density at radius 2 is 1.26 bits per heavy atom. The van der Waals surface area contributed by atoms with E-state index in [0.717, 1.165) is 24.0 Å². The fourth-order valence-corrected chi connectivity index (χ4v) is 5.07. The number of benzene rings is 3. The summed E-state index contributed by atoms with van der Waals surface area (Å²) in [6.45, 7) is 6.49. The summed E-state index contributed by atoms with van der Waals surface area (Å²) in [6, 6.07) is 23.1. The van der Waals surface area contributed by atoms with Crippen molar-refractivity contribution in [2.45, 2.75) is 39.5 Å².